The molecule has 0 unspecified atom stereocenters. The Bertz CT molecular complexity index is 3040. The fraction of sp³-hybridized carbons (Fsp3) is 0.236. The van der Waals surface area contributed by atoms with Gasteiger partial charge in [-0.2, -0.15) is 0 Å². The molecule has 0 fully saturated rings. The lowest BCUT2D eigenvalue weighted by atomic mass is 9.34. The van der Waals surface area contributed by atoms with Gasteiger partial charge in [0.15, 0.2) is 0 Å². The molecule has 8 aromatic rings. The Hall–Kier alpha value is -5.80. The molecule has 0 atom stereocenters. The third-order valence-corrected chi connectivity index (χ3v) is 13.2. The summed E-state index contributed by atoms with van der Waals surface area (Å²) in [4.78, 5) is 0. The smallest absolute Gasteiger partial charge is 0.256 e. The summed E-state index contributed by atoms with van der Waals surface area (Å²) in [5.74, 6) is 1.91. The van der Waals surface area contributed by atoms with Crippen LogP contribution < -0.4 is 21.1 Å². The SMILES string of the molecule is Cc1cc(C)c(-c2cc3c4c(c2)-n2c5ccc(-c6c(C)cc(C)cc6C)cc5c5cc(-c6c(C)cc(C)cc6C)cc(c52)B4c2ccc(C(C)(C)C)cc2O3)c(C)c1. The van der Waals surface area contributed by atoms with Crippen LogP contribution in [0, 0.1) is 62.3 Å². The Morgan fingerprint density at radius 2 is 0.983 bits per heavy atom. The summed E-state index contributed by atoms with van der Waals surface area (Å²) in [6.45, 7) is 27.0. The van der Waals surface area contributed by atoms with Crippen LogP contribution >= 0.6 is 0 Å². The molecule has 0 saturated carbocycles. The number of ether oxygens (including phenoxy) is 1. The van der Waals surface area contributed by atoms with Crippen molar-refractivity contribution in [3.05, 3.63) is 153 Å². The van der Waals surface area contributed by atoms with Gasteiger partial charge in [0.2, 0.25) is 0 Å². The van der Waals surface area contributed by atoms with Crippen LogP contribution in [-0.2, 0) is 5.41 Å². The summed E-state index contributed by atoms with van der Waals surface area (Å²) < 4.78 is 9.77. The molecule has 10 rings (SSSR count). The largest absolute Gasteiger partial charge is 0.458 e. The molecule has 7 aromatic carbocycles. The average molecular weight is 754 g/mol. The van der Waals surface area contributed by atoms with Gasteiger partial charge < -0.3 is 9.30 Å². The van der Waals surface area contributed by atoms with Gasteiger partial charge in [0.25, 0.3) is 6.71 Å². The van der Waals surface area contributed by atoms with Crippen molar-refractivity contribution in [2.45, 2.75) is 88.5 Å². The van der Waals surface area contributed by atoms with Crippen molar-refractivity contribution < 1.29 is 4.74 Å². The van der Waals surface area contributed by atoms with Gasteiger partial charge in [0.1, 0.15) is 11.5 Å². The fourth-order valence-corrected chi connectivity index (χ4v) is 11.1. The molecule has 3 heterocycles. The van der Waals surface area contributed by atoms with Gasteiger partial charge >= 0.3 is 0 Å². The number of nitrogens with zero attached hydrogens (tertiary/aromatic N) is 1. The third-order valence-electron chi connectivity index (χ3n) is 13.2. The van der Waals surface area contributed by atoms with Gasteiger partial charge in [-0.3, -0.25) is 0 Å². The van der Waals surface area contributed by atoms with Crippen LogP contribution in [0.4, 0.5) is 0 Å². The molecule has 0 N–H and O–H groups in total. The highest BCUT2D eigenvalue weighted by atomic mass is 16.5. The van der Waals surface area contributed by atoms with E-state index in [0.29, 0.717) is 0 Å². The molecule has 0 bridgehead atoms. The third kappa shape index (κ3) is 5.39. The number of aryl methyl sites for hydroxylation is 9. The highest BCUT2D eigenvalue weighted by Gasteiger charge is 2.42. The van der Waals surface area contributed by atoms with E-state index in [1.54, 1.807) is 0 Å². The molecule has 286 valence electrons. The van der Waals surface area contributed by atoms with Gasteiger partial charge in [-0.1, -0.05) is 98.1 Å². The summed E-state index contributed by atoms with van der Waals surface area (Å²) in [6.07, 6.45) is 0. The maximum Gasteiger partial charge on any atom is 0.256 e. The van der Waals surface area contributed by atoms with Crippen molar-refractivity contribution in [2.75, 3.05) is 0 Å². The van der Waals surface area contributed by atoms with Crippen LogP contribution in [-0.4, -0.2) is 11.3 Å². The van der Waals surface area contributed by atoms with Crippen LogP contribution in [0.1, 0.15) is 76.4 Å². The van der Waals surface area contributed by atoms with Crippen molar-refractivity contribution in [1.82, 2.24) is 4.57 Å². The van der Waals surface area contributed by atoms with E-state index in [9.17, 15) is 0 Å². The van der Waals surface area contributed by atoms with Crippen LogP contribution in [0.25, 0.3) is 60.9 Å². The molecular formula is C55H52BNO. The fourth-order valence-electron chi connectivity index (χ4n) is 11.1. The first-order valence-electron chi connectivity index (χ1n) is 20.9. The molecule has 2 aliphatic heterocycles. The van der Waals surface area contributed by atoms with Crippen molar-refractivity contribution in [2.24, 2.45) is 0 Å². The average Bonchev–Trinajstić information content (AvgIpc) is 3.45. The number of hydrogen-bond acceptors (Lipinski definition) is 1. The summed E-state index contributed by atoms with van der Waals surface area (Å²) >= 11 is 0. The van der Waals surface area contributed by atoms with E-state index in [0.717, 1.165) is 11.5 Å². The van der Waals surface area contributed by atoms with Gasteiger partial charge in [0, 0.05) is 22.0 Å². The summed E-state index contributed by atoms with van der Waals surface area (Å²) in [5, 5.41) is 2.58. The van der Waals surface area contributed by atoms with E-state index in [2.05, 4.69) is 185 Å². The van der Waals surface area contributed by atoms with Crippen LogP contribution in [0.5, 0.6) is 11.5 Å². The molecule has 0 saturated heterocycles. The predicted molar refractivity (Wildman–Crippen MR) is 250 cm³/mol. The summed E-state index contributed by atoms with van der Waals surface area (Å²) in [5.41, 5.74) is 28.2. The first-order valence-corrected chi connectivity index (χ1v) is 20.9. The molecular weight excluding hydrogens is 701 g/mol. The first kappa shape index (κ1) is 36.5. The van der Waals surface area contributed by atoms with E-state index in [-0.39, 0.29) is 12.1 Å². The highest BCUT2D eigenvalue weighted by molar-refractivity contribution is 6.99. The zero-order valence-corrected chi connectivity index (χ0v) is 36.2. The maximum absolute atomic E-state index is 7.19. The monoisotopic (exact) mass is 753 g/mol. The highest BCUT2D eigenvalue weighted by Crippen LogP contribution is 2.44. The van der Waals surface area contributed by atoms with E-state index in [4.69, 9.17) is 4.74 Å². The van der Waals surface area contributed by atoms with Gasteiger partial charge in [-0.15, -0.1) is 0 Å². The van der Waals surface area contributed by atoms with Gasteiger partial charge in [-0.25, -0.2) is 0 Å². The minimum Gasteiger partial charge on any atom is -0.458 e. The Kier molecular flexibility index (Phi) is 7.94. The van der Waals surface area contributed by atoms with Crippen molar-refractivity contribution in [3.8, 4) is 50.6 Å². The molecule has 0 spiro atoms. The Labute approximate surface area is 344 Å². The van der Waals surface area contributed by atoms with Crippen molar-refractivity contribution in [3.63, 3.8) is 0 Å². The minimum absolute atomic E-state index is 0.00316. The summed E-state index contributed by atoms with van der Waals surface area (Å²) in [7, 11) is 0. The Balaban J connectivity index is 1.37. The van der Waals surface area contributed by atoms with Crippen LogP contribution in [0.15, 0.2) is 97.1 Å². The number of fused-ring (bicyclic) bond motifs is 7. The zero-order valence-electron chi connectivity index (χ0n) is 36.2. The summed E-state index contributed by atoms with van der Waals surface area (Å²) in [6, 6.07) is 37.9. The number of hydrogen-bond donors (Lipinski definition) is 0. The number of rotatable bonds is 3. The molecule has 2 nitrogen and oxygen atoms in total. The lowest BCUT2D eigenvalue weighted by molar-refractivity contribution is 0.483. The first-order chi connectivity index (χ1) is 27.6. The van der Waals surface area contributed by atoms with Gasteiger partial charge in [0.05, 0.1) is 5.52 Å². The Morgan fingerprint density at radius 1 is 0.466 bits per heavy atom. The zero-order chi connectivity index (χ0) is 40.7. The second-order valence-corrected chi connectivity index (χ2v) is 18.8. The minimum atomic E-state index is -0.0136. The number of benzene rings is 7. The predicted octanol–water partition coefficient (Wildman–Crippen LogP) is 12.8. The van der Waals surface area contributed by atoms with Crippen LogP contribution in [0.3, 0.4) is 0 Å². The molecule has 58 heavy (non-hydrogen) atoms. The molecule has 2 aliphatic rings. The molecule has 1 aromatic heterocycles. The second kappa shape index (κ2) is 12.6. The van der Waals surface area contributed by atoms with Gasteiger partial charge in [-0.05, 0) is 193 Å². The van der Waals surface area contributed by atoms with E-state index in [1.165, 1.54) is 133 Å². The Morgan fingerprint density at radius 3 is 1.53 bits per heavy atom. The second-order valence-electron chi connectivity index (χ2n) is 18.8. The standard InChI is InChI=1S/C55H52BNO/c1-29-17-32(4)50(33(5)18-29)38-13-16-46-42(23-38)43-24-39(51-34(6)19-30(2)20-35(51)7)25-45-54(43)57(46)47-26-40(52-36(8)21-31(3)22-37(52)9)27-49-53(47)56(45)44-15-14-41(55(10,11)12)28-48(44)58-49/h13-28H,1-12H3. The molecule has 0 radical (unpaired) electrons. The number of aromatic nitrogens is 1. The van der Waals surface area contributed by atoms with E-state index in [1.807, 2.05) is 0 Å². The topological polar surface area (TPSA) is 14.2 Å². The van der Waals surface area contributed by atoms with E-state index >= 15 is 0 Å². The maximum atomic E-state index is 7.19. The lowest BCUT2D eigenvalue weighted by Gasteiger charge is -2.35. The van der Waals surface area contributed by atoms with Crippen molar-refractivity contribution in [1.29, 1.82) is 0 Å². The van der Waals surface area contributed by atoms with Crippen molar-refractivity contribution >= 4 is 44.9 Å². The van der Waals surface area contributed by atoms with Crippen LogP contribution in [0.2, 0.25) is 0 Å². The van der Waals surface area contributed by atoms with E-state index < -0.39 is 0 Å². The lowest BCUT2D eigenvalue weighted by Crippen LogP contribution is -2.58. The molecule has 3 heteroatoms. The molecule has 0 amide bonds. The quantitative estimate of drug-likeness (QED) is 0.164. The normalized spacial score (nSPS) is 12.9. The molecule has 0 aliphatic carbocycles.